The Morgan fingerprint density at radius 1 is 0.933 bits per heavy atom. The highest BCUT2D eigenvalue weighted by molar-refractivity contribution is 6.23. The summed E-state index contributed by atoms with van der Waals surface area (Å²) in [5.74, 6) is 0.300. The molecule has 3 amide bonds. The van der Waals surface area contributed by atoms with Gasteiger partial charge in [0, 0.05) is 18.2 Å². The molecule has 7 heteroatoms. The van der Waals surface area contributed by atoms with Crippen molar-refractivity contribution in [1.29, 1.82) is 0 Å². The largest absolute Gasteiger partial charge is 0.497 e. The molecule has 1 fully saturated rings. The second kappa shape index (κ2) is 7.48. The molecule has 1 saturated heterocycles. The van der Waals surface area contributed by atoms with Crippen LogP contribution in [0, 0.1) is 5.92 Å². The first-order valence-corrected chi connectivity index (χ1v) is 9.87. The molecule has 0 bridgehead atoms. The summed E-state index contributed by atoms with van der Waals surface area (Å²) in [4.78, 5) is 41.8. The Balaban J connectivity index is 1.62. The van der Waals surface area contributed by atoms with Crippen LogP contribution in [0.4, 0.5) is 0 Å². The van der Waals surface area contributed by atoms with E-state index < -0.39 is 17.9 Å². The zero-order chi connectivity index (χ0) is 21.6. The standard InChI is InChI=1S/C23H24N2O5/c1-13(2)19-20(25-21(26)16-7-5-6-8-17(16)22(25)27)23(28)24(19)12-14-9-10-15(29-3)11-18(14)30-4/h5-11,13,19-20H,12H2,1-4H3/t19-,20+/m1/s1. The summed E-state index contributed by atoms with van der Waals surface area (Å²) in [7, 11) is 3.15. The van der Waals surface area contributed by atoms with Crippen LogP contribution in [0.3, 0.4) is 0 Å². The number of amides is 3. The lowest BCUT2D eigenvalue weighted by Gasteiger charge is -2.51. The van der Waals surface area contributed by atoms with Crippen LogP contribution < -0.4 is 9.47 Å². The monoisotopic (exact) mass is 408 g/mol. The maximum atomic E-state index is 13.1. The summed E-state index contributed by atoms with van der Waals surface area (Å²) in [6, 6.07) is 11.1. The number of carbonyl (C=O) groups excluding carboxylic acids is 3. The number of fused-ring (bicyclic) bond motifs is 1. The second-order valence-corrected chi connectivity index (χ2v) is 7.85. The molecule has 30 heavy (non-hydrogen) atoms. The van der Waals surface area contributed by atoms with Crippen LogP contribution in [0.1, 0.15) is 40.1 Å². The summed E-state index contributed by atoms with van der Waals surface area (Å²) in [5, 5.41) is 0. The molecular formula is C23H24N2O5. The number of hydrogen-bond donors (Lipinski definition) is 0. The van der Waals surface area contributed by atoms with Gasteiger partial charge in [-0.2, -0.15) is 0 Å². The van der Waals surface area contributed by atoms with Crippen molar-refractivity contribution in [3.63, 3.8) is 0 Å². The van der Waals surface area contributed by atoms with Gasteiger partial charge in [-0.1, -0.05) is 26.0 Å². The SMILES string of the molecule is COc1ccc(CN2C(=O)[C@@H](N3C(=O)c4ccccc4C3=O)[C@H]2C(C)C)c(OC)c1. The van der Waals surface area contributed by atoms with Gasteiger partial charge in [0.15, 0.2) is 0 Å². The van der Waals surface area contributed by atoms with Crippen LogP contribution >= 0.6 is 0 Å². The molecule has 0 unspecified atom stereocenters. The fourth-order valence-corrected chi connectivity index (χ4v) is 4.35. The van der Waals surface area contributed by atoms with E-state index in [2.05, 4.69) is 0 Å². The molecule has 0 spiro atoms. The first-order valence-electron chi connectivity index (χ1n) is 9.87. The number of imide groups is 1. The lowest BCUT2D eigenvalue weighted by molar-refractivity contribution is -0.160. The van der Waals surface area contributed by atoms with E-state index in [4.69, 9.17) is 9.47 Å². The molecule has 2 aromatic carbocycles. The molecule has 156 valence electrons. The minimum atomic E-state index is -0.790. The van der Waals surface area contributed by atoms with E-state index in [1.54, 1.807) is 49.5 Å². The van der Waals surface area contributed by atoms with E-state index >= 15 is 0 Å². The van der Waals surface area contributed by atoms with Gasteiger partial charge < -0.3 is 14.4 Å². The highest BCUT2D eigenvalue weighted by atomic mass is 16.5. The van der Waals surface area contributed by atoms with Crippen molar-refractivity contribution < 1.29 is 23.9 Å². The topological polar surface area (TPSA) is 76.2 Å². The van der Waals surface area contributed by atoms with Gasteiger partial charge in [-0.15, -0.1) is 0 Å². The van der Waals surface area contributed by atoms with Gasteiger partial charge in [0.1, 0.15) is 17.5 Å². The molecule has 0 aliphatic carbocycles. The zero-order valence-corrected chi connectivity index (χ0v) is 17.4. The van der Waals surface area contributed by atoms with Gasteiger partial charge in [-0.05, 0) is 30.2 Å². The third-order valence-corrected chi connectivity index (χ3v) is 5.84. The number of likely N-dealkylation sites (tertiary alicyclic amines) is 1. The fourth-order valence-electron chi connectivity index (χ4n) is 4.35. The summed E-state index contributed by atoms with van der Waals surface area (Å²) in [6.07, 6.45) is 0. The maximum absolute atomic E-state index is 13.1. The summed E-state index contributed by atoms with van der Waals surface area (Å²) >= 11 is 0. The van der Waals surface area contributed by atoms with E-state index in [9.17, 15) is 14.4 Å². The van der Waals surface area contributed by atoms with E-state index in [0.29, 0.717) is 29.2 Å². The average molecular weight is 408 g/mol. The zero-order valence-electron chi connectivity index (χ0n) is 17.4. The van der Waals surface area contributed by atoms with Crippen molar-refractivity contribution in [2.24, 2.45) is 5.92 Å². The van der Waals surface area contributed by atoms with Crippen molar-refractivity contribution in [2.45, 2.75) is 32.5 Å². The number of nitrogens with zero attached hydrogens (tertiary/aromatic N) is 2. The van der Waals surface area contributed by atoms with Crippen LogP contribution in [0.25, 0.3) is 0 Å². The molecule has 7 nitrogen and oxygen atoms in total. The van der Waals surface area contributed by atoms with Crippen molar-refractivity contribution in [1.82, 2.24) is 9.80 Å². The van der Waals surface area contributed by atoms with Gasteiger partial charge in [0.25, 0.3) is 11.8 Å². The van der Waals surface area contributed by atoms with E-state index in [1.807, 2.05) is 26.0 Å². The Morgan fingerprint density at radius 2 is 1.57 bits per heavy atom. The van der Waals surface area contributed by atoms with Crippen LogP contribution in [0.5, 0.6) is 11.5 Å². The molecule has 0 radical (unpaired) electrons. The van der Waals surface area contributed by atoms with Crippen LogP contribution in [0.2, 0.25) is 0 Å². The van der Waals surface area contributed by atoms with E-state index in [-0.39, 0.29) is 17.9 Å². The Labute approximate surface area is 175 Å². The molecule has 2 aromatic rings. The van der Waals surface area contributed by atoms with Gasteiger partial charge >= 0.3 is 0 Å². The lowest BCUT2D eigenvalue weighted by atomic mass is 9.84. The van der Waals surface area contributed by atoms with Crippen LogP contribution in [0.15, 0.2) is 42.5 Å². The van der Waals surface area contributed by atoms with Crippen molar-refractivity contribution >= 4 is 17.7 Å². The Morgan fingerprint density at radius 3 is 2.10 bits per heavy atom. The van der Waals surface area contributed by atoms with Crippen LogP contribution in [-0.2, 0) is 11.3 Å². The summed E-state index contributed by atoms with van der Waals surface area (Å²) in [6.45, 7) is 4.30. The molecule has 2 atom stereocenters. The number of benzene rings is 2. The Hall–Kier alpha value is -3.35. The maximum Gasteiger partial charge on any atom is 0.262 e. The lowest BCUT2D eigenvalue weighted by Crippen LogP contribution is -2.72. The predicted molar refractivity (Wildman–Crippen MR) is 109 cm³/mol. The van der Waals surface area contributed by atoms with Gasteiger partial charge in [0.2, 0.25) is 5.91 Å². The van der Waals surface area contributed by atoms with E-state index in [0.717, 1.165) is 10.5 Å². The quantitative estimate of drug-likeness (QED) is 0.543. The smallest absolute Gasteiger partial charge is 0.262 e. The molecule has 2 heterocycles. The first kappa shape index (κ1) is 19.9. The molecule has 0 saturated carbocycles. The number of methoxy groups -OCH3 is 2. The predicted octanol–water partition coefficient (Wildman–Crippen LogP) is 2.74. The molecular weight excluding hydrogens is 384 g/mol. The Kier molecular flexibility index (Phi) is 4.97. The van der Waals surface area contributed by atoms with Crippen molar-refractivity contribution in [2.75, 3.05) is 14.2 Å². The van der Waals surface area contributed by atoms with Crippen molar-refractivity contribution in [3.8, 4) is 11.5 Å². The van der Waals surface area contributed by atoms with Gasteiger partial charge in [-0.25, -0.2) is 0 Å². The molecule has 2 aliphatic heterocycles. The Bertz CT molecular complexity index is 997. The minimum absolute atomic E-state index is 0.0567. The fraction of sp³-hybridized carbons (Fsp3) is 0.348. The minimum Gasteiger partial charge on any atom is -0.497 e. The highest BCUT2D eigenvalue weighted by Gasteiger charge is 2.56. The highest BCUT2D eigenvalue weighted by Crippen LogP contribution is 2.38. The number of carbonyl (C=O) groups is 3. The summed E-state index contributed by atoms with van der Waals surface area (Å²) in [5.41, 5.74) is 1.54. The average Bonchev–Trinajstić information content (AvgIpc) is 3.00. The number of rotatable bonds is 6. The van der Waals surface area contributed by atoms with Gasteiger partial charge in [0.05, 0.1) is 31.4 Å². The molecule has 4 rings (SSSR count). The second-order valence-electron chi connectivity index (χ2n) is 7.85. The van der Waals surface area contributed by atoms with Gasteiger partial charge in [-0.3, -0.25) is 19.3 Å². The first-order chi connectivity index (χ1) is 14.4. The molecule has 0 N–H and O–H groups in total. The van der Waals surface area contributed by atoms with Crippen LogP contribution in [-0.4, -0.2) is 53.8 Å². The number of hydrogen-bond acceptors (Lipinski definition) is 5. The number of β-lactam (4-membered cyclic amide) rings is 1. The number of ether oxygens (including phenoxy) is 2. The normalized spacial score (nSPS) is 20.5. The van der Waals surface area contributed by atoms with Crippen molar-refractivity contribution in [3.05, 3.63) is 59.2 Å². The molecule has 2 aliphatic rings. The van der Waals surface area contributed by atoms with E-state index in [1.165, 1.54) is 0 Å². The molecule has 0 aromatic heterocycles. The third kappa shape index (κ3) is 2.93. The third-order valence-electron chi connectivity index (χ3n) is 5.84. The summed E-state index contributed by atoms with van der Waals surface area (Å²) < 4.78 is 10.7.